The molecule has 0 spiro atoms. The van der Waals surface area contributed by atoms with Gasteiger partial charge in [-0.1, -0.05) is 76.6 Å². The first-order valence-electron chi connectivity index (χ1n) is 18.0. The van der Waals surface area contributed by atoms with Gasteiger partial charge < -0.3 is 24.8 Å². The van der Waals surface area contributed by atoms with Gasteiger partial charge in [0.1, 0.15) is 17.2 Å². The Bertz CT molecular complexity index is 1610. The van der Waals surface area contributed by atoms with Crippen molar-refractivity contribution in [3.63, 3.8) is 0 Å². The second kappa shape index (κ2) is 14.3. The molecule has 2 aliphatic heterocycles. The van der Waals surface area contributed by atoms with E-state index in [1.54, 1.807) is 24.8 Å². The summed E-state index contributed by atoms with van der Waals surface area (Å²) < 4.78 is 13.2. The second-order valence-electron chi connectivity index (χ2n) is 15.4. The molecular formula is C37H49BClN5O6. The van der Waals surface area contributed by atoms with Gasteiger partial charge in [0.05, 0.1) is 29.8 Å². The first-order chi connectivity index (χ1) is 23.8. The van der Waals surface area contributed by atoms with E-state index in [0.29, 0.717) is 31.2 Å². The van der Waals surface area contributed by atoms with Crippen LogP contribution in [0.4, 0.5) is 4.79 Å². The van der Waals surface area contributed by atoms with E-state index in [0.717, 1.165) is 29.7 Å². The molecule has 13 heteroatoms. The first kappa shape index (κ1) is 36.3. The minimum Gasteiger partial charge on any atom is -0.404 e. The number of hydrogen-bond donors (Lipinski definition) is 2. The third kappa shape index (κ3) is 6.66. The van der Waals surface area contributed by atoms with Gasteiger partial charge in [-0.3, -0.25) is 14.4 Å². The van der Waals surface area contributed by atoms with Gasteiger partial charge in [-0.05, 0) is 79.9 Å². The maximum absolute atomic E-state index is 14.3. The average Bonchev–Trinajstić information content (AvgIpc) is 3.62. The van der Waals surface area contributed by atoms with Crippen molar-refractivity contribution in [3.8, 4) is 0 Å². The van der Waals surface area contributed by atoms with Crippen LogP contribution in [0, 0.1) is 23.2 Å². The van der Waals surface area contributed by atoms with Gasteiger partial charge in [0.2, 0.25) is 5.91 Å². The standard InChI is InChI=1S/C37H49BClN5O6/c1-7-29(38-49-28-20-24-19-27(36(24,4)5)37(28,6)50-38)41-33(46)26-21-43(18-12-15-23-13-9-8-10-14-23)35(48)44(26)34(47)30(22(2)3)42-32(45)25-16-11-17-40-31(25)39/h8-11,13-14,16-17,22,24,26-30H,7,12,15,18-21H2,1-6H3,(H,41,46)(H,42,45)/t24?,26-,27?,28+,29-,30-,37-/m0/s1. The molecule has 7 rings (SSSR count). The number of carbonyl (C=O) groups is 4. The quantitative estimate of drug-likeness (QED) is 0.237. The molecule has 3 saturated carbocycles. The Balaban J connectivity index is 1.20. The molecule has 2 bridgehead atoms. The number of amides is 5. The first-order valence-corrected chi connectivity index (χ1v) is 18.3. The number of hydrogen-bond acceptors (Lipinski definition) is 7. The number of carbonyl (C=O) groups excluding carboxylic acids is 4. The molecule has 268 valence electrons. The summed E-state index contributed by atoms with van der Waals surface area (Å²) >= 11 is 6.18. The SMILES string of the molecule is CC[C@H](NC(=O)[C@@H]1CN(CCCc2ccccc2)C(=O)N1C(=O)[C@@H](NC(=O)c1cccnc1Cl)C(C)C)B1O[C@@H]2CC3CC(C3(C)C)[C@]2(C)O1. The maximum atomic E-state index is 14.3. The fraction of sp³-hybridized carbons (Fsp3) is 0.595. The number of nitrogens with one attached hydrogen (secondary N) is 2. The van der Waals surface area contributed by atoms with Crippen molar-refractivity contribution in [3.05, 3.63) is 64.9 Å². The molecule has 5 aliphatic rings. The Morgan fingerprint density at radius 3 is 2.48 bits per heavy atom. The van der Waals surface area contributed by atoms with Crippen molar-refractivity contribution in [1.82, 2.24) is 25.4 Å². The zero-order valence-corrected chi connectivity index (χ0v) is 30.6. The lowest BCUT2D eigenvalue weighted by atomic mass is 9.43. The highest BCUT2D eigenvalue weighted by Gasteiger charge is 2.68. The molecule has 5 amide bonds. The van der Waals surface area contributed by atoms with Crippen LogP contribution >= 0.6 is 11.6 Å². The minimum atomic E-state index is -1.12. The predicted octanol–water partition coefficient (Wildman–Crippen LogP) is 4.92. The van der Waals surface area contributed by atoms with Gasteiger partial charge in [-0.2, -0.15) is 0 Å². The number of rotatable bonds is 12. The van der Waals surface area contributed by atoms with E-state index in [1.165, 1.54) is 12.3 Å². The zero-order valence-electron chi connectivity index (χ0n) is 29.9. The van der Waals surface area contributed by atoms with Crippen molar-refractivity contribution in [2.75, 3.05) is 13.1 Å². The molecule has 50 heavy (non-hydrogen) atoms. The Labute approximate surface area is 300 Å². The molecule has 5 fully saturated rings. The summed E-state index contributed by atoms with van der Waals surface area (Å²) in [6, 6.07) is 10.2. The van der Waals surface area contributed by atoms with E-state index in [1.807, 2.05) is 37.3 Å². The van der Waals surface area contributed by atoms with Crippen molar-refractivity contribution >= 4 is 42.5 Å². The molecule has 0 radical (unpaired) electrons. The van der Waals surface area contributed by atoms with Gasteiger partial charge >= 0.3 is 13.1 Å². The van der Waals surface area contributed by atoms with E-state index in [2.05, 4.69) is 36.4 Å². The number of benzene rings is 1. The third-order valence-corrected chi connectivity index (χ3v) is 12.0. The molecule has 2 unspecified atom stereocenters. The van der Waals surface area contributed by atoms with E-state index >= 15 is 0 Å². The summed E-state index contributed by atoms with van der Waals surface area (Å²) in [4.78, 5) is 62.4. The largest absolute Gasteiger partial charge is 0.481 e. The Hall–Kier alpha value is -3.48. The number of aryl methyl sites for hydroxylation is 1. The summed E-state index contributed by atoms with van der Waals surface area (Å²) in [7, 11) is -0.649. The van der Waals surface area contributed by atoms with Gasteiger partial charge in [0.15, 0.2) is 0 Å². The molecule has 2 N–H and O–H groups in total. The van der Waals surface area contributed by atoms with Gasteiger partial charge in [-0.15, -0.1) is 0 Å². The van der Waals surface area contributed by atoms with Crippen molar-refractivity contribution in [2.24, 2.45) is 23.2 Å². The predicted molar refractivity (Wildman–Crippen MR) is 190 cm³/mol. The molecule has 1 aromatic carbocycles. The van der Waals surface area contributed by atoms with E-state index in [4.69, 9.17) is 20.9 Å². The smallest absolute Gasteiger partial charge is 0.404 e. The summed E-state index contributed by atoms with van der Waals surface area (Å²) in [6.07, 6.45) is 5.36. The zero-order chi connectivity index (χ0) is 36.0. The Kier molecular flexibility index (Phi) is 10.4. The number of halogens is 1. The molecule has 2 saturated heterocycles. The lowest BCUT2D eigenvalue weighted by Gasteiger charge is -2.64. The van der Waals surface area contributed by atoms with E-state index in [-0.39, 0.29) is 28.8 Å². The lowest BCUT2D eigenvalue weighted by molar-refractivity contribution is -0.199. The summed E-state index contributed by atoms with van der Waals surface area (Å²) in [5.74, 6) is -1.67. The number of urea groups is 1. The highest BCUT2D eigenvalue weighted by Crippen LogP contribution is 2.65. The molecule has 1 aromatic heterocycles. The van der Waals surface area contributed by atoms with Crippen LogP contribution < -0.4 is 10.6 Å². The monoisotopic (exact) mass is 705 g/mol. The van der Waals surface area contributed by atoms with E-state index in [9.17, 15) is 19.2 Å². The molecule has 3 aliphatic carbocycles. The molecular weight excluding hydrogens is 657 g/mol. The van der Waals surface area contributed by atoms with Crippen LogP contribution in [0.25, 0.3) is 0 Å². The highest BCUT2D eigenvalue weighted by molar-refractivity contribution is 6.48. The van der Waals surface area contributed by atoms with Crippen molar-refractivity contribution in [2.45, 2.75) is 103 Å². The topological polar surface area (TPSA) is 130 Å². The normalized spacial score (nSPS) is 27.8. The van der Waals surface area contributed by atoms with E-state index < -0.39 is 60.4 Å². The summed E-state index contributed by atoms with van der Waals surface area (Å²) in [5, 5.41) is 5.85. The fourth-order valence-electron chi connectivity index (χ4n) is 8.56. The van der Waals surface area contributed by atoms with Gasteiger partial charge in [0.25, 0.3) is 11.8 Å². The van der Waals surface area contributed by atoms with Crippen LogP contribution in [0.1, 0.15) is 83.1 Å². The molecule has 2 aromatic rings. The third-order valence-electron chi connectivity index (χ3n) is 11.7. The fourth-order valence-corrected chi connectivity index (χ4v) is 8.76. The molecule has 3 heterocycles. The minimum absolute atomic E-state index is 0.00419. The second-order valence-corrected chi connectivity index (χ2v) is 15.8. The number of aromatic nitrogens is 1. The summed E-state index contributed by atoms with van der Waals surface area (Å²) in [5.41, 5.74) is 0.973. The van der Waals surface area contributed by atoms with Crippen molar-refractivity contribution in [1.29, 1.82) is 0 Å². The Morgan fingerprint density at radius 2 is 1.82 bits per heavy atom. The number of nitrogens with zero attached hydrogens (tertiary/aromatic N) is 3. The highest BCUT2D eigenvalue weighted by atomic mass is 35.5. The van der Waals surface area contributed by atoms with Crippen LogP contribution in [0.15, 0.2) is 48.7 Å². The van der Waals surface area contributed by atoms with Crippen molar-refractivity contribution < 1.29 is 28.5 Å². The van der Waals surface area contributed by atoms with Crippen LogP contribution in [0.5, 0.6) is 0 Å². The van der Waals surface area contributed by atoms with Crippen LogP contribution in [0.3, 0.4) is 0 Å². The van der Waals surface area contributed by atoms with Crippen LogP contribution in [-0.2, 0) is 25.3 Å². The van der Waals surface area contributed by atoms with Crippen LogP contribution in [0.2, 0.25) is 5.15 Å². The van der Waals surface area contributed by atoms with Gasteiger partial charge in [-0.25, -0.2) is 14.7 Å². The average molecular weight is 706 g/mol. The lowest BCUT2D eigenvalue weighted by Crippen LogP contribution is -2.65. The Morgan fingerprint density at radius 1 is 1.08 bits per heavy atom. The molecule has 7 atom stereocenters. The number of pyridine rings is 1. The number of imide groups is 1. The molecule has 11 nitrogen and oxygen atoms in total. The van der Waals surface area contributed by atoms with Gasteiger partial charge in [0, 0.05) is 12.7 Å². The summed E-state index contributed by atoms with van der Waals surface area (Å²) in [6.45, 7) is 12.6. The van der Waals surface area contributed by atoms with Crippen LogP contribution in [-0.4, -0.2) is 88.5 Å². The maximum Gasteiger partial charge on any atom is 0.481 e.